The van der Waals surface area contributed by atoms with Gasteiger partial charge in [0.25, 0.3) is 0 Å². The number of amides is 1. The van der Waals surface area contributed by atoms with Crippen molar-refractivity contribution >= 4 is 29.1 Å². The molecule has 0 fully saturated rings. The maximum Gasteiger partial charge on any atom is 0.408 e. The van der Waals surface area contributed by atoms with E-state index in [-0.39, 0.29) is 6.42 Å². The second-order valence-electron chi connectivity index (χ2n) is 9.42. The van der Waals surface area contributed by atoms with E-state index in [1.165, 1.54) is 0 Å². The number of alkyl carbamates (subject to hydrolysis) is 1. The number of rotatable bonds is 7. The summed E-state index contributed by atoms with van der Waals surface area (Å²) >= 11 is 0. The average molecular weight is 461 g/mol. The van der Waals surface area contributed by atoms with E-state index in [1.807, 2.05) is 36.4 Å². The van der Waals surface area contributed by atoms with Crippen LogP contribution >= 0.6 is 0 Å². The Bertz CT molecular complexity index is 1100. The van der Waals surface area contributed by atoms with Crippen molar-refractivity contribution in [2.24, 2.45) is 0 Å². The molecule has 3 aromatic carbocycles. The van der Waals surface area contributed by atoms with E-state index in [0.717, 1.165) is 33.8 Å². The van der Waals surface area contributed by atoms with E-state index in [1.54, 1.807) is 20.8 Å². The molecule has 0 saturated carbocycles. The van der Waals surface area contributed by atoms with Crippen LogP contribution in [0.4, 0.5) is 21.9 Å². The number of hydrogen-bond acceptors (Lipinski definition) is 4. The maximum absolute atomic E-state index is 12.1. The molecule has 0 radical (unpaired) electrons. The van der Waals surface area contributed by atoms with Crippen LogP contribution in [0.15, 0.2) is 72.8 Å². The number of nitrogens with zero attached hydrogens (tertiary/aromatic N) is 1. The van der Waals surface area contributed by atoms with Crippen molar-refractivity contribution in [3.63, 3.8) is 0 Å². The molecule has 0 aliphatic heterocycles. The third-order valence-electron chi connectivity index (χ3n) is 5.14. The van der Waals surface area contributed by atoms with Crippen molar-refractivity contribution in [1.82, 2.24) is 5.32 Å². The molecule has 0 bridgehead atoms. The van der Waals surface area contributed by atoms with Gasteiger partial charge in [0.1, 0.15) is 11.6 Å². The van der Waals surface area contributed by atoms with Gasteiger partial charge in [0.05, 0.1) is 0 Å². The zero-order valence-corrected chi connectivity index (χ0v) is 20.3. The van der Waals surface area contributed by atoms with Crippen LogP contribution in [-0.4, -0.2) is 28.8 Å². The number of anilines is 3. The van der Waals surface area contributed by atoms with Gasteiger partial charge in [-0.05, 0) is 87.7 Å². The molecule has 3 aromatic rings. The molecule has 6 nitrogen and oxygen atoms in total. The van der Waals surface area contributed by atoms with Gasteiger partial charge in [-0.15, -0.1) is 0 Å². The van der Waals surface area contributed by atoms with Crippen LogP contribution in [0.25, 0.3) is 0 Å². The Morgan fingerprint density at radius 3 is 1.85 bits per heavy atom. The summed E-state index contributed by atoms with van der Waals surface area (Å²) in [6.45, 7) is 9.31. The molecule has 6 heteroatoms. The van der Waals surface area contributed by atoms with E-state index in [0.29, 0.717) is 0 Å². The zero-order chi connectivity index (χ0) is 24.9. The highest BCUT2D eigenvalue weighted by Crippen LogP contribution is 2.35. The first kappa shape index (κ1) is 24.8. The van der Waals surface area contributed by atoms with Gasteiger partial charge in [0.15, 0.2) is 0 Å². The lowest BCUT2D eigenvalue weighted by molar-refractivity contribution is -0.139. The monoisotopic (exact) mass is 460 g/mol. The number of hydrogen-bond donors (Lipinski definition) is 2. The number of carboxylic acids is 1. The second kappa shape index (κ2) is 10.4. The van der Waals surface area contributed by atoms with Crippen LogP contribution in [0.1, 0.15) is 37.5 Å². The third-order valence-corrected chi connectivity index (χ3v) is 5.14. The Kier molecular flexibility index (Phi) is 7.61. The number of carboxylic acid groups (broad SMARTS) is 1. The number of aryl methyl sites for hydroxylation is 2. The van der Waals surface area contributed by atoms with Crippen molar-refractivity contribution in [2.45, 2.75) is 52.7 Å². The molecule has 1 atom stereocenters. The second-order valence-corrected chi connectivity index (χ2v) is 9.42. The van der Waals surface area contributed by atoms with E-state index in [9.17, 15) is 14.7 Å². The van der Waals surface area contributed by atoms with Crippen LogP contribution in [0, 0.1) is 13.8 Å². The highest BCUT2D eigenvalue weighted by molar-refractivity contribution is 5.81. The highest BCUT2D eigenvalue weighted by Gasteiger charge is 2.24. The molecule has 1 unspecified atom stereocenters. The van der Waals surface area contributed by atoms with Crippen LogP contribution in [0.2, 0.25) is 0 Å². The smallest absolute Gasteiger partial charge is 0.408 e. The highest BCUT2D eigenvalue weighted by atomic mass is 16.6. The van der Waals surface area contributed by atoms with Crippen molar-refractivity contribution in [1.29, 1.82) is 0 Å². The number of aliphatic carboxylic acids is 1. The molecule has 3 rings (SSSR count). The lowest BCUT2D eigenvalue weighted by Crippen LogP contribution is -2.44. The standard InChI is InChI=1S/C28H32N2O4/c1-19-8-6-10-23(16-19)30(24-11-7-9-20(2)17-24)22-14-12-21(13-15-22)18-25(26(31)32)29-27(33)34-28(3,4)5/h6-17,25H,18H2,1-5H3,(H,29,33)(H,31,32). The molecular formula is C28H32N2O4. The summed E-state index contributed by atoms with van der Waals surface area (Å²) in [5, 5.41) is 12.0. The number of carbonyl (C=O) groups excluding carboxylic acids is 1. The molecule has 0 aliphatic rings. The Hall–Kier alpha value is -3.80. The number of benzene rings is 3. The minimum absolute atomic E-state index is 0.143. The summed E-state index contributed by atoms with van der Waals surface area (Å²) in [5.41, 5.74) is 5.42. The quantitative estimate of drug-likeness (QED) is 0.433. The molecule has 178 valence electrons. The normalized spacial score (nSPS) is 12.0. The Balaban J connectivity index is 1.86. The molecule has 1 amide bonds. The first-order valence-electron chi connectivity index (χ1n) is 11.3. The van der Waals surface area contributed by atoms with E-state index in [2.05, 4.69) is 60.5 Å². The van der Waals surface area contributed by atoms with Gasteiger partial charge in [-0.3, -0.25) is 0 Å². The van der Waals surface area contributed by atoms with Crippen LogP contribution in [0.5, 0.6) is 0 Å². The Labute approximate surface area is 201 Å². The largest absolute Gasteiger partial charge is 0.480 e. The maximum atomic E-state index is 12.1. The number of ether oxygens (including phenoxy) is 1. The predicted molar refractivity (Wildman–Crippen MR) is 135 cm³/mol. The molecule has 0 aliphatic carbocycles. The molecule has 2 N–H and O–H groups in total. The van der Waals surface area contributed by atoms with Crippen molar-refractivity contribution < 1.29 is 19.4 Å². The summed E-state index contributed by atoms with van der Waals surface area (Å²) in [6.07, 6.45) is -0.606. The van der Waals surface area contributed by atoms with Gasteiger partial charge in [0, 0.05) is 23.5 Å². The fraction of sp³-hybridized carbons (Fsp3) is 0.286. The van der Waals surface area contributed by atoms with Crippen LogP contribution in [-0.2, 0) is 16.0 Å². The van der Waals surface area contributed by atoms with E-state index < -0.39 is 23.7 Å². The molecular weight excluding hydrogens is 428 g/mol. The van der Waals surface area contributed by atoms with Gasteiger partial charge >= 0.3 is 12.1 Å². The fourth-order valence-electron chi connectivity index (χ4n) is 3.65. The first-order valence-corrected chi connectivity index (χ1v) is 11.3. The third kappa shape index (κ3) is 6.85. The minimum atomic E-state index is -1.11. The lowest BCUT2D eigenvalue weighted by atomic mass is 10.0. The summed E-state index contributed by atoms with van der Waals surface area (Å²) in [6, 6.07) is 23.2. The van der Waals surface area contributed by atoms with E-state index >= 15 is 0 Å². The SMILES string of the molecule is Cc1cccc(N(c2ccc(CC(NC(=O)OC(C)(C)C)C(=O)O)cc2)c2cccc(C)c2)c1. The number of carbonyl (C=O) groups is 2. The van der Waals surface area contributed by atoms with Gasteiger partial charge in [-0.2, -0.15) is 0 Å². The van der Waals surface area contributed by atoms with Gasteiger partial charge in [-0.25, -0.2) is 9.59 Å². The minimum Gasteiger partial charge on any atom is -0.480 e. The first-order chi connectivity index (χ1) is 16.0. The van der Waals surface area contributed by atoms with Crippen molar-refractivity contribution in [3.05, 3.63) is 89.5 Å². The summed E-state index contributed by atoms with van der Waals surface area (Å²) in [5.74, 6) is -1.11. The molecule has 0 saturated heterocycles. The Morgan fingerprint density at radius 1 is 0.882 bits per heavy atom. The molecule has 0 aromatic heterocycles. The van der Waals surface area contributed by atoms with Crippen molar-refractivity contribution in [3.8, 4) is 0 Å². The fourth-order valence-corrected chi connectivity index (χ4v) is 3.65. The number of nitrogens with one attached hydrogen (secondary N) is 1. The topological polar surface area (TPSA) is 78.9 Å². The Morgan fingerprint density at radius 2 is 1.41 bits per heavy atom. The summed E-state index contributed by atoms with van der Waals surface area (Å²) in [4.78, 5) is 26.0. The zero-order valence-electron chi connectivity index (χ0n) is 20.3. The van der Waals surface area contributed by atoms with Gasteiger partial charge in [-0.1, -0.05) is 36.4 Å². The predicted octanol–water partition coefficient (Wildman–Crippen LogP) is 6.29. The summed E-state index contributed by atoms with van der Waals surface area (Å²) < 4.78 is 5.20. The van der Waals surface area contributed by atoms with Crippen molar-refractivity contribution in [2.75, 3.05) is 4.90 Å². The van der Waals surface area contributed by atoms with Gasteiger partial charge < -0.3 is 20.1 Å². The molecule has 0 spiro atoms. The van der Waals surface area contributed by atoms with Crippen LogP contribution in [0.3, 0.4) is 0 Å². The lowest BCUT2D eigenvalue weighted by Gasteiger charge is -2.26. The van der Waals surface area contributed by atoms with E-state index in [4.69, 9.17) is 4.74 Å². The van der Waals surface area contributed by atoms with Crippen LogP contribution < -0.4 is 10.2 Å². The average Bonchev–Trinajstić information content (AvgIpc) is 2.73. The molecule has 34 heavy (non-hydrogen) atoms. The molecule has 0 heterocycles. The van der Waals surface area contributed by atoms with Gasteiger partial charge in [0.2, 0.25) is 0 Å². The summed E-state index contributed by atoms with van der Waals surface area (Å²) in [7, 11) is 0.